The zero-order valence-corrected chi connectivity index (χ0v) is 12.4. The van der Waals surface area contributed by atoms with Crippen molar-refractivity contribution in [3.05, 3.63) is 66.2 Å². The van der Waals surface area contributed by atoms with Crippen molar-refractivity contribution in [3.63, 3.8) is 0 Å². The highest BCUT2D eigenvalue weighted by Gasteiger charge is 2.07. The summed E-state index contributed by atoms with van der Waals surface area (Å²) in [6, 6.07) is 11.9. The molecule has 24 heavy (non-hydrogen) atoms. The lowest BCUT2D eigenvalue weighted by atomic mass is 10.1. The summed E-state index contributed by atoms with van der Waals surface area (Å²) in [6.45, 7) is 0. The van der Waals surface area contributed by atoms with Crippen LogP contribution in [0.25, 0.3) is 0 Å². The van der Waals surface area contributed by atoms with Crippen LogP contribution in [0.2, 0.25) is 0 Å². The van der Waals surface area contributed by atoms with Gasteiger partial charge in [-0.05, 0) is 30.3 Å². The van der Waals surface area contributed by atoms with Crippen LogP contribution in [0.4, 0.5) is 11.4 Å². The summed E-state index contributed by atoms with van der Waals surface area (Å²) in [6.07, 6.45) is 1.58. The van der Waals surface area contributed by atoms with E-state index in [1.807, 2.05) is 0 Å². The van der Waals surface area contributed by atoms with Gasteiger partial charge in [-0.15, -0.1) is 5.75 Å². The second-order valence-corrected chi connectivity index (χ2v) is 4.72. The number of hydrogen-bond donors (Lipinski definition) is 3. The van der Waals surface area contributed by atoms with E-state index in [0.29, 0.717) is 17.5 Å². The molecule has 0 aliphatic carbocycles. The van der Waals surface area contributed by atoms with E-state index >= 15 is 0 Å². The molecule has 0 unspecified atom stereocenters. The lowest BCUT2D eigenvalue weighted by Gasteiger charge is -2.10. The minimum atomic E-state index is -1.24. The molecule has 0 atom stereocenters. The van der Waals surface area contributed by atoms with Gasteiger partial charge in [0.1, 0.15) is 0 Å². The molecular formula is C17H13N2O5-. The first kappa shape index (κ1) is 16.8. The Hall–Kier alpha value is -3.61. The van der Waals surface area contributed by atoms with Crippen LogP contribution in [0.5, 0.6) is 5.75 Å². The molecule has 2 aromatic rings. The van der Waals surface area contributed by atoms with Crippen LogP contribution in [0.1, 0.15) is 10.4 Å². The Morgan fingerprint density at radius 1 is 0.917 bits per heavy atom. The second kappa shape index (κ2) is 7.59. The summed E-state index contributed by atoms with van der Waals surface area (Å²) in [5.41, 5.74) is 0.970. The summed E-state index contributed by atoms with van der Waals surface area (Å²) in [5, 5.41) is 24.7. The SMILES string of the molecule is O=C(O)/C=C\C(=O)Nc1cccc(C(=O)Nc2cccc([O-])c2)c1. The average Bonchev–Trinajstić information content (AvgIpc) is 2.53. The maximum Gasteiger partial charge on any atom is 0.328 e. The summed E-state index contributed by atoms with van der Waals surface area (Å²) in [4.78, 5) is 34.0. The largest absolute Gasteiger partial charge is 0.872 e. The zero-order chi connectivity index (χ0) is 17.5. The van der Waals surface area contributed by atoms with Crippen LogP contribution >= 0.6 is 0 Å². The first-order valence-electron chi connectivity index (χ1n) is 6.84. The van der Waals surface area contributed by atoms with Crippen molar-refractivity contribution in [2.24, 2.45) is 0 Å². The molecule has 0 radical (unpaired) electrons. The molecule has 7 nitrogen and oxygen atoms in total. The fourth-order valence-corrected chi connectivity index (χ4v) is 1.85. The van der Waals surface area contributed by atoms with Crippen molar-refractivity contribution in [2.75, 3.05) is 10.6 Å². The molecule has 0 aliphatic rings. The molecule has 0 aromatic heterocycles. The summed E-state index contributed by atoms with van der Waals surface area (Å²) in [7, 11) is 0. The lowest BCUT2D eigenvalue weighted by Crippen LogP contribution is -2.13. The Balaban J connectivity index is 2.07. The number of rotatable bonds is 5. The van der Waals surface area contributed by atoms with Crippen LogP contribution in [0, 0.1) is 0 Å². The molecule has 0 saturated heterocycles. The predicted molar refractivity (Wildman–Crippen MR) is 85.7 cm³/mol. The number of benzene rings is 2. The first-order valence-corrected chi connectivity index (χ1v) is 6.84. The molecule has 122 valence electrons. The van der Waals surface area contributed by atoms with Gasteiger partial charge in [-0.2, -0.15) is 0 Å². The Morgan fingerprint density at radius 2 is 1.58 bits per heavy atom. The molecule has 2 rings (SSSR count). The third-order valence-electron chi connectivity index (χ3n) is 2.86. The molecule has 0 bridgehead atoms. The molecule has 0 heterocycles. The Morgan fingerprint density at radius 3 is 2.25 bits per heavy atom. The number of aliphatic carboxylic acids is 1. The number of carboxylic acids is 1. The Labute approximate surface area is 137 Å². The number of carboxylic acid groups (broad SMARTS) is 1. The number of amides is 2. The maximum atomic E-state index is 12.2. The molecule has 0 spiro atoms. The molecule has 0 aliphatic heterocycles. The van der Waals surface area contributed by atoms with E-state index in [2.05, 4.69) is 10.6 Å². The van der Waals surface area contributed by atoms with Crippen LogP contribution in [-0.4, -0.2) is 22.9 Å². The van der Waals surface area contributed by atoms with Crippen molar-refractivity contribution >= 4 is 29.2 Å². The fourth-order valence-electron chi connectivity index (χ4n) is 1.85. The van der Waals surface area contributed by atoms with Gasteiger partial charge in [0, 0.05) is 29.1 Å². The molecule has 0 saturated carbocycles. The monoisotopic (exact) mass is 325 g/mol. The van der Waals surface area contributed by atoms with Gasteiger partial charge in [0.25, 0.3) is 5.91 Å². The normalized spacial score (nSPS) is 10.3. The summed E-state index contributed by atoms with van der Waals surface area (Å²) < 4.78 is 0. The van der Waals surface area contributed by atoms with Gasteiger partial charge in [-0.1, -0.05) is 18.2 Å². The van der Waals surface area contributed by atoms with E-state index in [1.54, 1.807) is 24.3 Å². The lowest BCUT2D eigenvalue weighted by molar-refractivity contribution is -0.268. The average molecular weight is 325 g/mol. The van der Waals surface area contributed by atoms with Gasteiger partial charge < -0.3 is 20.8 Å². The van der Waals surface area contributed by atoms with Gasteiger partial charge in [0.15, 0.2) is 0 Å². The smallest absolute Gasteiger partial charge is 0.328 e. The molecule has 7 heteroatoms. The standard InChI is InChI=1S/C17H14N2O5/c20-14-6-2-5-13(10-14)19-17(24)11-3-1-4-12(9-11)18-15(21)7-8-16(22)23/h1-10,20H,(H,18,21)(H,19,24)(H,22,23)/p-1/b8-7-. The van der Waals surface area contributed by atoms with Crippen LogP contribution in [-0.2, 0) is 9.59 Å². The van der Waals surface area contributed by atoms with E-state index in [0.717, 1.165) is 6.08 Å². The molecule has 0 fully saturated rings. The van der Waals surface area contributed by atoms with Crippen molar-refractivity contribution in [1.29, 1.82) is 0 Å². The highest BCUT2D eigenvalue weighted by atomic mass is 16.4. The Kier molecular flexibility index (Phi) is 5.30. The zero-order valence-electron chi connectivity index (χ0n) is 12.4. The predicted octanol–water partition coefficient (Wildman–Crippen LogP) is 1.59. The van der Waals surface area contributed by atoms with Crippen molar-refractivity contribution in [3.8, 4) is 5.75 Å². The second-order valence-electron chi connectivity index (χ2n) is 4.72. The quantitative estimate of drug-likeness (QED) is 0.721. The van der Waals surface area contributed by atoms with E-state index in [-0.39, 0.29) is 11.3 Å². The van der Waals surface area contributed by atoms with Crippen molar-refractivity contribution < 1.29 is 24.6 Å². The van der Waals surface area contributed by atoms with Crippen molar-refractivity contribution in [1.82, 2.24) is 0 Å². The van der Waals surface area contributed by atoms with Gasteiger partial charge in [0.2, 0.25) is 5.91 Å². The highest BCUT2D eigenvalue weighted by Crippen LogP contribution is 2.16. The summed E-state index contributed by atoms with van der Waals surface area (Å²) in [5.74, 6) is -2.54. The van der Waals surface area contributed by atoms with E-state index in [4.69, 9.17) is 5.11 Å². The third kappa shape index (κ3) is 4.99. The fraction of sp³-hybridized carbons (Fsp3) is 0. The number of nitrogens with one attached hydrogen (secondary N) is 2. The number of carbonyl (C=O) groups excluding carboxylic acids is 2. The van der Waals surface area contributed by atoms with Crippen LogP contribution in [0.3, 0.4) is 0 Å². The van der Waals surface area contributed by atoms with Gasteiger partial charge in [0.05, 0.1) is 0 Å². The van der Waals surface area contributed by atoms with Gasteiger partial charge in [-0.3, -0.25) is 9.59 Å². The van der Waals surface area contributed by atoms with Crippen LogP contribution in [0.15, 0.2) is 60.7 Å². The first-order chi connectivity index (χ1) is 11.4. The third-order valence-corrected chi connectivity index (χ3v) is 2.86. The van der Waals surface area contributed by atoms with E-state index < -0.39 is 17.8 Å². The number of carbonyl (C=O) groups is 3. The minimum absolute atomic E-state index is 0.223. The van der Waals surface area contributed by atoms with Gasteiger partial charge >= 0.3 is 5.97 Å². The molecule has 3 N–H and O–H groups in total. The minimum Gasteiger partial charge on any atom is -0.872 e. The number of anilines is 2. The molecular weight excluding hydrogens is 312 g/mol. The topological polar surface area (TPSA) is 119 Å². The molecule has 2 aromatic carbocycles. The van der Waals surface area contributed by atoms with Gasteiger partial charge in [-0.25, -0.2) is 4.79 Å². The summed E-state index contributed by atoms with van der Waals surface area (Å²) >= 11 is 0. The molecule has 2 amide bonds. The number of hydrogen-bond acceptors (Lipinski definition) is 4. The Bertz CT molecular complexity index is 814. The van der Waals surface area contributed by atoms with E-state index in [1.165, 1.54) is 24.3 Å². The van der Waals surface area contributed by atoms with Crippen LogP contribution < -0.4 is 15.7 Å². The van der Waals surface area contributed by atoms with E-state index in [9.17, 15) is 19.5 Å². The van der Waals surface area contributed by atoms with Crippen molar-refractivity contribution in [2.45, 2.75) is 0 Å². The maximum absolute atomic E-state index is 12.2. The highest BCUT2D eigenvalue weighted by molar-refractivity contribution is 6.06.